The van der Waals surface area contributed by atoms with Crippen LogP contribution in [-0.2, 0) is 9.59 Å². The number of rotatable bonds is 4. The van der Waals surface area contributed by atoms with Crippen LogP contribution in [0.25, 0.3) is 0 Å². The first-order chi connectivity index (χ1) is 15.8. The Bertz CT molecular complexity index is 819. The van der Waals surface area contributed by atoms with Crippen molar-refractivity contribution in [2.45, 2.75) is 63.5 Å². The SMILES string of the molecule is Fc1ccccc1.NC1CCC(C(=O)O)CC1.O=C(O)C1CCC(Nc2ccccc2)CC1. The third-order valence-electron chi connectivity index (χ3n) is 6.08. The second kappa shape index (κ2) is 14.3. The lowest BCUT2D eigenvalue weighted by atomic mass is 9.86. The van der Waals surface area contributed by atoms with E-state index in [0.29, 0.717) is 6.04 Å². The molecule has 0 radical (unpaired) electrons. The number of benzene rings is 2. The van der Waals surface area contributed by atoms with Crippen molar-refractivity contribution < 1.29 is 24.2 Å². The second-order valence-corrected chi connectivity index (χ2v) is 8.64. The van der Waals surface area contributed by atoms with Gasteiger partial charge in [-0.25, -0.2) is 4.39 Å². The highest BCUT2D eigenvalue weighted by Crippen LogP contribution is 2.26. The molecule has 0 aromatic heterocycles. The smallest absolute Gasteiger partial charge is 0.306 e. The van der Waals surface area contributed by atoms with Gasteiger partial charge in [-0.05, 0) is 75.6 Å². The van der Waals surface area contributed by atoms with Gasteiger partial charge in [-0.2, -0.15) is 0 Å². The Balaban J connectivity index is 0.000000193. The fraction of sp³-hybridized carbons (Fsp3) is 0.462. The van der Waals surface area contributed by atoms with Gasteiger partial charge in [-0.15, -0.1) is 0 Å². The summed E-state index contributed by atoms with van der Waals surface area (Å²) in [5.41, 5.74) is 6.73. The topological polar surface area (TPSA) is 113 Å². The molecule has 6 nitrogen and oxygen atoms in total. The minimum Gasteiger partial charge on any atom is -0.481 e. The van der Waals surface area contributed by atoms with E-state index in [0.717, 1.165) is 57.1 Å². The van der Waals surface area contributed by atoms with E-state index in [9.17, 15) is 14.0 Å². The average Bonchev–Trinajstić information content (AvgIpc) is 2.82. The number of para-hydroxylation sites is 1. The maximum Gasteiger partial charge on any atom is 0.306 e. The van der Waals surface area contributed by atoms with Crippen LogP contribution in [0.15, 0.2) is 60.7 Å². The average molecular weight is 459 g/mol. The van der Waals surface area contributed by atoms with Gasteiger partial charge in [0, 0.05) is 17.8 Å². The molecular weight excluding hydrogens is 423 g/mol. The van der Waals surface area contributed by atoms with Crippen molar-refractivity contribution in [2.75, 3.05) is 5.32 Å². The minimum absolute atomic E-state index is 0.125. The molecular formula is C26H35FN2O4. The van der Waals surface area contributed by atoms with Crippen LogP contribution in [0.1, 0.15) is 51.4 Å². The molecule has 2 aromatic rings. The number of anilines is 1. The van der Waals surface area contributed by atoms with Gasteiger partial charge in [0.2, 0.25) is 0 Å². The van der Waals surface area contributed by atoms with Gasteiger partial charge in [-0.1, -0.05) is 36.4 Å². The summed E-state index contributed by atoms with van der Waals surface area (Å²) in [5.74, 6) is -1.74. The van der Waals surface area contributed by atoms with Crippen molar-refractivity contribution in [1.82, 2.24) is 0 Å². The molecule has 0 aliphatic heterocycles. The maximum atomic E-state index is 11.9. The van der Waals surface area contributed by atoms with Gasteiger partial charge in [0.1, 0.15) is 5.82 Å². The number of halogens is 1. The third kappa shape index (κ3) is 10.5. The van der Waals surface area contributed by atoms with Crippen molar-refractivity contribution in [3.63, 3.8) is 0 Å². The second-order valence-electron chi connectivity index (χ2n) is 8.64. The molecule has 0 heterocycles. The monoisotopic (exact) mass is 458 g/mol. The zero-order chi connectivity index (χ0) is 24.1. The number of carbonyl (C=O) groups is 2. The molecule has 2 aliphatic carbocycles. The minimum atomic E-state index is -0.660. The molecule has 180 valence electrons. The van der Waals surface area contributed by atoms with Crippen molar-refractivity contribution >= 4 is 17.6 Å². The normalized spacial score (nSPS) is 24.2. The lowest BCUT2D eigenvalue weighted by molar-refractivity contribution is -0.143. The zero-order valence-electron chi connectivity index (χ0n) is 18.9. The Labute approximate surface area is 195 Å². The molecule has 5 N–H and O–H groups in total. The predicted octanol–water partition coefficient (Wildman–Crippen LogP) is 5.16. The molecule has 0 amide bonds. The highest BCUT2D eigenvalue weighted by molar-refractivity contribution is 5.70. The molecule has 2 aromatic carbocycles. The van der Waals surface area contributed by atoms with Gasteiger partial charge >= 0.3 is 11.9 Å². The molecule has 2 saturated carbocycles. The Hall–Kier alpha value is -2.93. The van der Waals surface area contributed by atoms with Crippen LogP contribution < -0.4 is 11.1 Å². The number of aliphatic carboxylic acids is 2. The first-order valence-electron chi connectivity index (χ1n) is 11.6. The van der Waals surface area contributed by atoms with Crippen molar-refractivity contribution in [2.24, 2.45) is 17.6 Å². The maximum absolute atomic E-state index is 11.9. The van der Waals surface area contributed by atoms with Gasteiger partial charge in [0.25, 0.3) is 0 Å². The lowest BCUT2D eigenvalue weighted by Crippen LogP contribution is -2.29. The van der Waals surface area contributed by atoms with E-state index < -0.39 is 11.9 Å². The first-order valence-corrected chi connectivity index (χ1v) is 11.6. The van der Waals surface area contributed by atoms with Gasteiger partial charge in [0.05, 0.1) is 11.8 Å². The summed E-state index contributed by atoms with van der Waals surface area (Å²) in [6.45, 7) is 0. The van der Waals surface area contributed by atoms with Crippen molar-refractivity contribution in [3.05, 3.63) is 66.5 Å². The van der Waals surface area contributed by atoms with E-state index >= 15 is 0 Å². The summed E-state index contributed by atoms with van der Waals surface area (Å²) in [6, 6.07) is 18.7. The summed E-state index contributed by atoms with van der Waals surface area (Å²) >= 11 is 0. The number of hydrogen-bond donors (Lipinski definition) is 4. The van der Waals surface area contributed by atoms with Crippen LogP contribution in [0.3, 0.4) is 0 Å². The quantitative estimate of drug-likeness (QED) is 0.504. The highest BCUT2D eigenvalue weighted by atomic mass is 19.1. The van der Waals surface area contributed by atoms with Gasteiger partial charge < -0.3 is 21.3 Å². The Morgan fingerprint density at radius 2 is 1.15 bits per heavy atom. The summed E-state index contributed by atoms with van der Waals surface area (Å²) < 4.78 is 11.9. The number of nitrogens with two attached hydrogens (primary N) is 1. The molecule has 2 aliphatic rings. The van der Waals surface area contributed by atoms with Crippen LogP contribution in [0.5, 0.6) is 0 Å². The van der Waals surface area contributed by atoms with E-state index in [4.69, 9.17) is 15.9 Å². The molecule has 4 rings (SSSR count). The van der Waals surface area contributed by atoms with Crippen LogP contribution >= 0.6 is 0 Å². The predicted molar refractivity (Wildman–Crippen MR) is 127 cm³/mol. The first kappa shape index (κ1) is 26.3. The molecule has 0 atom stereocenters. The number of hydrogen-bond acceptors (Lipinski definition) is 4. The van der Waals surface area contributed by atoms with Crippen LogP contribution in [0.2, 0.25) is 0 Å². The largest absolute Gasteiger partial charge is 0.481 e. The highest BCUT2D eigenvalue weighted by Gasteiger charge is 2.25. The Morgan fingerprint density at radius 3 is 1.55 bits per heavy atom. The lowest BCUT2D eigenvalue weighted by Gasteiger charge is -2.27. The Morgan fingerprint density at radius 1 is 0.727 bits per heavy atom. The fourth-order valence-corrected chi connectivity index (χ4v) is 4.04. The fourth-order valence-electron chi connectivity index (χ4n) is 4.04. The van der Waals surface area contributed by atoms with E-state index in [-0.39, 0.29) is 23.7 Å². The summed E-state index contributed by atoms with van der Waals surface area (Å²) in [4.78, 5) is 21.2. The van der Waals surface area contributed by atoms with Crippen LogP contribution in [-0.4, -0.2) is 34.2 Å². The number of carboxylic acid groups (broad SMARTS) is 2. The zero-order valence-corrected chi connectivity index (χ0v) is 18.9. The van der Waals surface area contributed by atoms with Crippen molar-refractivity contribution in [3.8, 4) is 0 Å². The van der Waals surface area contributed by atoms with Crippen LogP contribution in [0.4, 0.5) is 10.1 Å². The molecule has 7 heteroatoms. The van der Waals surface area contributed by atoms with Crippen molar-refractivity contribution in [1.29, 1.82) is 0 Å². The molecule has 0 saturated heterocycles. The number of carboxylic acids is 2. The molecule has 0 spiro atoms. The van der Waals surface area contributed by atoms with E-state index in [1.807, 2.05) is 30.3 Å². The summed E-state index contributed by atoms with van der Waals surface area (Å²) in [7, 11) is 0. The standard InChI is InChI=1S/C13H17NO2.C7H13NO2.C6H5F/c15-13(16)10-6-8-12(9-7-10)14-11-4-2-1-3-5-11;8-6-3-1-5(2-4-6)7(9)10;7-6-4-2-1-3-5-6/h1-5,10,12,14H,6-9H2,(H,15,16);5-6H,1-4,8H2,(H,9,10);1-5H. The Kier molecular flexibility index (Phi) is 11.4. The van der Waals surface area contributed by atoms with Crippen LogP contribution in [0, 0.1) is 17.7 Å². The third-order valence-corrected chi connectivity index (χ3v) is 6.08. The molecule has 2 fully saturated rings. The van der Waals surface area contributed by atoms with E-state index in [2.05, 4.69) is 5.32 Å². The van der Waals surface area contributed by atoms with Gasteiger partial charge in [0.15, 0.2) is 0 Å². The molecule has 0 unspecified atom stereocenters. The molecule has 0 bridgehead atoms. The van der Waals surface area contributed by atoms with Gasteiger partial charge in [-0.3, -0.25) is 9.59 Å². The van der Waals surface area contributed by atoms with E-state index in [1.54, 1.807) is 18.2 Å². The molecule has 33 heavy (non-hydrogen) atoms. The summed E-state index contributed by atoms with van der Waals surface area (Å²) in [5, 5.41) is 20.9. The summed E-state index contributed by atoms with van der Waals surface area (Å²) in [6.07, 6.45) is 6.75. The number of nitrogens with one attached hydrogen (secondary N) is 1. The van der Waals surface area contributed by atoms with E-state index in [1.165, 1.54) is 12.1 Å².